The summed E-state index contributed by atoms with van der Waals surface area (Å²) in [5, 5.41) is 9.21. The molecule has 0 bridgehead atoms. The molecule has 6 heteroatoms. The highest BCUT2D eigenvalue weighted by atomic mass is 35.7. The van der Waals surface area contributed by atoms with Crippen LogP contribution in [0.25, 0.3) is 0 Å². The Kier molecular flexibility index (Phi) is 2.68. The first-order chi connectivity index (χ1) is 5.88. The normalized spacial score (nSPS) is 11.2. The molecule has 0 amide bonds. The Bertz CT molecular complexity index is 416. The molecular formula is C7H8ClNO3S. The fraction of sp³-hybridized carbons (Fsp3) is 0.143. The maximum atomic E-state index is 10.6. The molecule has 72 valence electrons. The van der Waals surface area contributed by atoms with Crippen LogP contribution < -0.4 is 4.72 Å². The summed E-state index contributed by atoms with van der Waals surface area (Å²) in [5.74, 6) is -0.158. The molecular weight excluding hydrogens is 214 g/mol. The molecule has 0 aliphatic heterocycles. The number of hydrogen-bond acceptors (Lipinski definition) is 3. The van der Waals surface area contributed by atoms with Gasteiger partial charge in [-0.3, -0.25) is 4.72 Å². The zero-order valence-corrected chi connectivity index (χ0v) is 8.35. The van der Waals surface area contributed by atoms with E-state index in [1.165, 1.54) is 12.1 Å². The van der Waals surface area contributed by atoms with E-state index in [0.717, 1.165) is 5.56 Å². The molecule has 1 aromatic carbocycles. The molecule has 0 unspecified atom stereocenters. The lowest BCUT2D eigenvalue weighted by Crippen LogP contribution is -2.04. The number of aryl methyl sites for hydroxylation is 1. The van der Waals surface area contributed by atoms with Crippen LogP contribution in [0.1, 0.15) is 5.56 Å². The highest BCUT2D eigenvalue weighted by molar-refractivity contribution is 8.14. The third kappa shape index (κ3) is 3.12. The molecule has 0 heterocycles. The first kappa shape index (κ1) is 10.1. The topological polar surface area (TPSA) is 66.4 Å². The number of rotatable bonds is 2. The minimum absolute atomic E-state index is 0.0787. The highest BCUT2D eigenvalue weighted by Crippen LogP contribution is 2.25. The molecule has 0 saturated heterocycles. The molecule has 13 heavy (non-hydrogen) atoms. The quantitative estimate of drug-likeness (QED) is 0.589. The molecule has 0 spiro atoms. The highest BCUT2D eigenvalue weighted by Gasteiger charge is 2.08. The molecule has 0 radical (unpaired) electrons. The number of phenolic OH excluding ortho intramolecular Hbond substituents is 1. The van der Waals surface area contributed by atoms with Crippen LogP contribution in [0.4, 0.5) is 5.69 Å². The predicted octanol–water partition coefficient (Wildman–Crippen LogP) is 1.60. The molecule has 0 aliphatic carbocycles. The van der Waals surface area contributed by atoms with Gasteiger partial charge in [0.25, 0.3) is 0 Å². The molecule has 0 aliphatic rings. The summed E-state index contributed by atoms with van der Waals surface area (Å²) in [7, 11) is 1.09. The number of anilines is 1. The summed E-state index contributed by atoms with van der Waals surface area (Å²) < 4.78 is 23.2. The van der Waals surface area contributed by atoms with Gasteiger partial charge in [-0.15, -0.1) is 0 Å². The summed E-state index contributed by atoms with van der Waals surface area (Å²) in [5.41, 5.74) is 0.899. The minimum atomic E-state index is -3.85. The number of halogens is 1. The molecule has 0 fully saturated rings. The van der Waals surface area contributed by atoms with Gasteiger partial charge in [-0.25, -0.2) is 0 Å². The standard InChI is InChI=1S/C7H8ClNO3S/c1-5-2-3-7(10)6(4-5)9-13(8,11)12/h2-4,9-10H,1H3. The van der Waals surface area contributed by atoms with Crippen LogP contribution in [0.5, 0.6) is 5.75 Å². The molecule has 1 rings (SSSR count). The van der Waals surface area contributed by atoms with Crippen molar-refractivity contribution in [1.82, 2.24) is 0 Å². The van der Waals surface area contributed by atoms with E-state index < -0.39 is 9.24 Å². The van der Waals surface area contributed by atoms with Gasteiger partial charge >= 0.3 is 9.24 Å². The van der Waals surface area contributed by atoms with E-state index in [9.17, 15) is 13.5 Å². The Morgan fingerprint density at radius 1 is 1.46 bits per heavy atom. The number of hydrogen-bond donors (Lipinski definition) is 2. The molecule has 0 atom stereocenters. The number of phenols is 1. The van der Waals surface area contributed by atoms with Crippen molar-refractivity contribution in [2.75, 3.05) is 4.72 Å². The van der Waals surface area contributed by atoms with Crippen LogP contribution in [0.3, 0.4) is 0 Å². The van der Waals surface area contributed by atoms with Crippen molar-refractivity contribution < 1.29 is 13.5 Å². The van der Waals surface area contributed by atoms with Crippen molar-refractivity contribution in [3.05, 3.63) is 23.8 Å². The van der Waals surface area contributed by atoms with Crippen molar-refractivity contribution in [2.24, 2.45) is 0 Å². The fourth-order valence-corrected chi connectivity index (χ4v) is 1.54. The molecule has 0 aromatic heterocycles. The predicted molar refractivity (Wildman–Crippen MR) is 51.2 cm³/mol. The summed E-state index contributed by atoms with van der Waals surface area (Å²) in [4.78, 5) is 0. The van der Waals surface area contributed by atoms with Gasteiger partial charge in [0.1, 0.15) is 5.75 Å². The largest absolute Gasteiger partial charge is 0.506 e. The first-order valence-electron chi connectivity index (χ1n) is 3.40. The monoisotopic (exact) mass is 221 g/mol. The van der Waals surface area contributed by atoms with Gasteiger partial charge in [0, 0.05) is 10.7 Å². The Labute approximate surface area is 80.7 Å². The van der Waals surface area contributed by atoms with Gasteiger partial charge in [0.2, 0.25) is 0 Å². The second-order valence-electron chi connectivity index (χ2n) is 2.56. The van der Waals surface area contributed by atoms with Gasteiger partial charge in [-0.1, -0.05) is 6.07 Å². The van der Waals surface area contributed by atoms with E-state index in [1.54, 1.807) is 13.0 Å². The number of aromatic hydroxyl groups is 1. The third-order valence-electron chi connectivity index (χ3n) is 1.38. The summed E-state index contributed by atoms with van der Waals surface area (Å²) in [6.45, 7) is 1.77. The lowest BCUT2D eigenvalue weighted by atomic mass is 10.2. The van der Waals surface area contributed by atoms with E-state index in [0.29, 0.717) is 0 Å². The third-order valence-corrected chi connectivity index (χ3v) is 2.08. The molecule has 1 aromatic rings. The van der Waals surface area contributed by atoms with Crippen LogP contribution >= 0.6 is 10.7 Å². The van der Waals surface area contributed by atoms with E-state index >= 15 is 0 Å². The van der Waals surface area contributed by atoms with Crippen LogP contribution in [-0.4, -0.2) is 13.5 Å². The molecule has 4 nitrogen and oxygen atoms in total. The zero-order valence-electron chi connectivity index (χ0n) is 6.78. The Morgan fingerprint density at radius 3 is 2.62 bits per heavy atom. The summed E-state index contributed by atoms with van der Waals surface area (Å²) in [6.07, 6.45) is 0. The van der Waals surface area contributed by atoms with E-state index in [4.69, 9.17) is 10.7 Å². The fourth-order valence-electron chi connectivity index (χ4n) is 0.863. The first-order valence-corrected chi connectivity index (χ1v) is 5.71. The summed E-state index contributed by atoms with van der Waals surface area (Å²) in [6, 6.07) is 4.52. The van der Waals surface area contributed by atoms with E-state index in [2.05, 4.69) is 0 Å². The summed E-state index contributed by atoms with van der Waals surface area (Å²) >= 11 is 0. The smallest absolute Gasteiger partial charge is 0.319 e. The second kappa shape index (κ2) is 3.43. The van der Waals surface area contributed by atoms with Crippen LogP contribution in [0.15, 0.2) is 18.2 Å². The van der Waals surface area contributed by atoms with Crippen molar-refractivity contribution in [2.45, 2.75) is 6.92 Å². The molecule has 0 saturated carbocycles. The average Bonchev–Trinajstić information content (AvgIpc) is 1.94. The van der Waals surface area contributed by atoms with Gasteiger partial charge in [0.05, 0.1) is 5.69 Å². The van der Waals surface area contributed by atoms with Gasteiger partial charge < -0.3 is 5.11 Å². The maximum absolute atomic E-state index is 10.6. The average molecular weight is 222 g/mol. The minimum Gasteiger partial charge on any atom is -0.506 e. The Hall–Kier alpha value is -0.940. The van der Waals surface area contributed by atoms with Crippen molar-refractivity contribution in [3.8, 4) is 5.75 Å². The maximum Gasteiger partial charge on any atom is 0.319 e. The van der Waals surface area contributed by atoms with Crippen molar-refractivity contribution >= 4 is 25.6 Å². The van der Waals surface area contributed by atoms with Crippen LogP contribution in [0.2, 0.25) is 0 Å². The number of nitrogens with one attached hydrogen (secondary N) is 1. The lowest BCUT2D eigenvalue weighted by molar-refractivity contribution is 0.477. The Balaban J connectivity index is 3.08. The van der Waals surface area contributed by atoms with E-state index in [1.807, 2.05) is 4.72 Å². The van der Waals surface area contributed by atoms with E-state index in [-0.39, 0.29) is 11.4 Å². The van der Waals surface area contributed by atoms with Crippen LogP contribution in [-0.2, 0) is 9.24 Å². The second-order valence-corrected chi connectivity index (χ2v) is 4.86. The molecule has 2 N–H and O–H groups in total. The lowest BCUT2D eigenvalue weighted by Gasteiger charge is -2.05. The van der Waals surface area contributed by atoms with Gasteiger partial charge in [0.15, 0.2) is 0 Å². The van der Waals surface area contributed by atoms with Crippen molar-refractivity contribution in [1.29, 1.82) is 0 Å². The van der Waals surface area contributed by atoms with Crippen molar-refractivity contribution in [3.63, 3.8) is 0 Å². The van der Waals surface area contributed by atoms with Gasteiger partial charge in [-0.05, 0) is 24.6 Å². The van der Waals surface area contributed by atoms with Crippen LogP contribution in [0, 0.1) is 6.92 Å². The number of benzene rings is 1. The van der Waals surface area contributed by atoms with Gasteiger partial charge in [-0.2, -0.15) is 8.42 Å². The zero-order chi connectivity index (χ0) is 10.1. The Morgan fingerprint density at radius 2 is 2.08 bits per heavy atom. The SMILES string of the molecule is Cc1ccc(O)c(NS(=O)(=O)Cl)c1.